The molecule has 2 N–H and O–H groups in total. The van der Waals surface area contributed by atoms with E-state index in [1.54, 1.807) is 11.4 Å². The Morgan fingerprint density at radius 3 is 2.86 bits per heavy atom. The predicted octanol–water partition coefficient (Wildman–Crippen LogP) is 2.45. The molecule has 3 nitrogen and oxygen atoms in total. The van der Waals surface area contributed by atoms with Crippen LogP contribution in [0.4, 0.5) is 0 Å². The van der Waals surface area contributed by atoms with Crippen molar-refractivity contribution in [1.82, 2.24) is 5.32 Å². The van der Waals surface area contributed by atoms with Gasteiger partial charge in [0.15, 0.2) is 0 Å². The zero-order valence-electron chi connectivity index (χ0n) is 11.8. The summed E-state index contributed by atoms with van der Waals surface area (Å²) in [5.41, 5.74) is 1.81. The SMILES string of the molecule is CC(Cc1ccccc1)NC(=O)c1csc(C#CCO)c1. The number of aliphatic hydroxyl groups is 1. The molecule has 0 fully saturated rings. The van der Waals surface area contributed by atoms with Crippen molar-refractivity contribution in [3.05, 3.63) is 57.8 Å². The number of hydrogen-bond donors (Lipinski definition) is 2. The third-order valence-electron chi connectivity index (χ3n) is 2.91. The molecule has 1 amide bonds. The minimum Gasteiger partial charge on any atom is -0.384 e. The second kappa shape index (κ2) is 7.63. The van der Waals surface area contributed by atoms with Crippen molar-refractivity contribution in [2.75, 3.05) is 6.61 Å². The van der Waals surface area contributed by atoms with Crippen LogP contribution in [0.15, 0.2) is 41.8 Å². The molecule has 0 radical (unpaired) electrons. The smallest absolute Gasteiger partial charge is 0.252 e. The lowest BCUT2D eigenvalue weighted by Gasteiger charge is -2.13. The summed E-state index contributed by atoms with van der Waals surface area (Å²) >= 11 is 1.40. The van der Waals surface area contributed by atoms with Crippen LogP contribution in [0.2, 0.25) is 0 Å². The van der Waals surface area contributed by atoms with Crippen molar-refractivity contribution in [2.45, 2.75) is 19.4 Å². The van der Waals surface area contributed by atoms with Gasteiger partial charge in [-0.1, -0.05) is 42.2 Å². The average molecular weight is 299 g/mol. The van der Waals surface area contributed by atoms with Crippen LogP contribution in [0.5, 0.6) is 0 Å². The molecular weight excluding hydrogens is 282 g/mol. The number of hydrogen-bond acceptors (Lipinski definition) is 3. The summed E-state index contributed by atoms with van der Waals surface area (Å²) in [6.07, 6.45) is 0.799. The summed E-state index contributed by atoms with van der Waals surface area (Å²) in [4.78, 5) is 12.9. The monoisotopic (exact) mass is 299 g/mol. The first-order valence-corrected chi connectivity index (χ1v) is 7.60. The summed E-state index contributed by atoms with van der Waals surface area (Å²) in [5.74, 6) is 5.28. The molecule has 0 aliphatic rings. The molecule has 21 heavy (non-hydrogen) atoms. The zero-order chi connectivity index (χ0) is 15.1. The summed E-state index contributed by atoms with van der Waals surface area (Å²) in [6.45, 7) is 1.82. The van der Waals surface area contributed by atoms with Crippen LogP contribution in [0, 0.1) is 11.8 Å². The van der Waals surface area contributed by atoms with Gasteiger partial charge in [-0.05, 0) is 25.0 Å². The molecule has 1 aromatic heterocycles. The number of benzene rings is 1. The highest BCUT2D eigenvalue weighted by molar-refractivity contribution is 7.10. The molecule has 0 spiro atoms. The van der Waals surface area contributed by atoms with Crippen LogP contribution in [0.1, 0.15) is 27.7 Å². The number of rotatable bonds is 4. The van der Waals surface area contributed by atoms with Crippen molar-refractivity contribution in [3.63, 3.8) is 0 Å². The van der Waals surface area contributed by atoms with Gasteiger partial charge >= 0.3 is 0 Å². The number of thiophene rings is 1. The van der Waals surface area contributed by atoms with Crippen molar-refractivity contribution < 1.29 is 9.90 Å². The second-order valence-corrected chi connectivity index (χ2v) is 5.63. The molecule has 1 unspecified atom stereocenters. The van der Waals surface area contributed by atoms with Crippen LogP contribution in [0.25, 0.3) is 0 Å². The average Bonchev–Trinajstić information content (AvgIpc) is 2.95. The molecule has 2 rings (SSSR count). The maximum absolute atomic E-state index is 12.1. The summed E-state index contributed by atoms with van der Waals surface area (Å²) < 4.78 is 0. The van der Waals surface area contributed by atoms with Crippen LogP contribution < -0.4 is 5.32 Å². The first kappa shape index (κ1) is 15.3. The topological polar surface area (TPSA) is 49.3 Å². The number of carbonyl (C=O) groups excluding carboxylic acids is 1. The van der Waals surface area contributed by atoms with E-state index in [0.29, 0.717) is 5.56 Å². The zero-order valence-corrected chi connectivity index (χ0v) is 12.6. The van der Waals surface area contributed by atoms with Crippen LogP contribution in [0.3, 0.4) is 0 Å². The highest BCUT2D eigenvalue weighted by Crippen LogP contribution is 2.14. The van der Waals surface area contributed by atoms with E-state index in [-0.39, 0.29) is 18.6 Å². The molecule has 0 saturated heterocycles. The van der Waals surface area contributed by atoms with Gasteiger partial charge < -0.3 is 10.4 Å². The largest absolute Gasteiger partial charge is 0.384 e. The van der Waals surface area contributed by atoms with Gasteiger partial charge in [0.25, 0.3) is 5.91 Å². The Morgan fingerprint density at radius 2 is 2.14 bits per heavy atom. The lowest BCUT2D eigenvalue weighted by atomic mass is 10.1. The lowest BCUT2D eigenvalue weighted by molar-refractivity contribution is 0.0940. The third-order valence-corrected chi connectivity index (χ3v) is 3.76. The molecule has 0 saturated carbocycles. The molecule has 1 atom stereocenters. The fourth-order valence-corrected chi connectivity index (χ4v) is 2.73. The molecule has 0 aliphatic carbocycles. The summed E-state index contributed by atoms with van der Waals surface area (Å²) in [6, 6.07) is 11.9. The predicted molar refractivity (Wildman–Crippen MR) is 85.4 cm³/mol. The number of nitrogens with one attached hydrogen (secondary N) is 1. The Kier molecular flexibility index (Phi) is 5.56. The van der Waals surface area contributed by atoms with Gasteiger partial charge in [-0.3, -0.25) is 4.79 Å². The Hall–Kier alpha value is -2.09. The minimum absolute atomic E-state index is 0.0618. The van der Waals surface area contributed by atoms with Crippen LogP contribution in [-0.2, 0) is 6.42 Å². The first-order valence-electron chi connectivity index (χ1n) is 6.72. The first-order chi connectivity index (χ1) is 10.2. The maximum Gasteiger partial charge on any atom is 0.252 e. The third kappa shape index (κ3) is 4.75. The quantitative estimate of drug-likeness (QED) is 0.852. The lowest BCUT2D eigenvalue weighted by Crippen LogP contribution is -2.33. The molecule has 108 valence electrons. The van der Waals surface area contributed by atoms with Gasteiger partial charge in [0.2, 0.25) is 0 Å². The normalized spacial score (nSPS) is 11.3. The van der Waals surface area contributed by atoms with E-state index in [0.717, 1.165) is 11.3 Å². The molecule has 0 bridgehead atoms. The van der Waals surface area contributed by atoms with E-state index in [1.807, 2.05) is 25.1 Å². The van der Waals surface area contributed by atoms with Gasteiger partial charge in [-0.15, -0.1) is 11.3 Å². The number of aliphatic hydroxyl groups excluding tert-OH is 1. The molecule has 0 aliphatic heterocycles. The van der Waals surface area contributed by atoms with E-state index in [4.69, 9.17) is 5.11 Å². The Labute approximate surface area is 128 Å². The highest BCUT2D eigenvalue weighted by Gasteiger charge is 2.11. The fourth-order valence-electron chi connectivity index (χ4n) is 1.97. The van der Waals surface area contributed by atoms with E-state index in [1.165, 1.54) is 16.9 Å². The van der Waals surface area contributed by atoms with Gasteiger partial charge in [0.05, 0.1) is 10.4 Å². The van der Waals surface area contributed by atoms with Crippen molar-refractivity contribution >= 4 is 17.2 Å². The van der Waals surface area contributed by atoms with E-state index in [2.05, 4.69) is 29.3 Å². The van der Waals surface area contributed by atoms with Gasteiger partial charge in [-0.2, -0.15) is 0 Å². The van der Waals surface area contributed by atoms with E-state index < -0.39 is 0 Å². The Balaban J connectivity index is 1.93. The molecule has 2 aromatic rings. The second-order valence-electron chi connectivity index (χ2n) is 4.72. The maximum atomic E-state index is 12.1. The van der Waals surface area contributed by atoms with Crippen molar-refractivity contribution in [3.8, 4) is 11.8 Å². The van der Waals surface area contributed by atoms with E-state index >= 15 is 0 Å². The van der Waals surface area contributed by atoms with Crippen molar-refractivity contribution in [1.29, 1.82) is 0 Å². The Bertz CT molecular complexity index is 652. The van der Waals surface area contributed by atoms with Crippen LogP contribution in [-0.4, -0.2) is 23.7 Å². The molecule has 1 aromatic carbocycles. The van der Waals surface area contributed by atoms with Crippen LogP contribution >= 0.6 is 11.3 Å². The van der Waals surface area contributed by atoms with Crippen molar-refractivity contribution in [2.24, 2.45) is 0 Å². The van der Waals surface area contributed by atoms with Gasteiger partial charge in [0.1, 0.15) is 6.61 Å². The molecular formula is C17H17NO2S. The van der Waals surface area contributed by atoms with E-state index in [9.17, 15) is 4.79 Å². The standard InChI is InChI=1S/C17H17NO2S/c1-13(10-14-6-3-2-4-7-14)18-17(20)15-11-16(21-12-15)8-5-9-19/h2-4,6-7,11-13,19H,9-10H2,1H3,(H,18,20). The fraction of sp³-hybridized carbons (Fsp3) is 0.235. The van der Waals surface area contributed by atoms with Gasteiger partial charge in [-0.25, -0.2) is 0 Å². The summed E-state index contributed by atoms with van der Waals surface area (Å²) in [7, 11) is 0. The molecule has 4 heteroatoms. The minimum atomic E-state index is -0.173. The molecule has 1 heterocycles. The number of amides is 1. The number of carbonyl (C=O) groups is 1. The van der Waals surface area contributed by atoms with Gasteiger partial charge in [0, 0.05) is 11.4 Å². The Morgan fingerprint density at radius 1 is 1.38 bits per heavy atom. The summed E-state index contributed by atoms with van der Waals surface area (Å²) in [5, 5.41) is 13.4. The highest BCUT2D eigenvalue weighted by atomic mass is 32.1.